The van der Waals surface area contributed by atoms with Crippen molar-refractivity contribution in [1.29, 1.82) is 0 Å². The lowest BCUT2D eigenvalue weighted by molar-refractivity contribution is 0.0697. The fraction of sp³-hybridized carbons (Fsp3) is 0.533. The number of carboxylic acid groups (broad SMARTS) is 1. The van der Waals surface area contributed by atoms with Crippen molar-refractivity contribution in [2.45, 2.75) is 25.8 Å². The third-order valence-corrected chi connectivity index (χ3v) is 4.00. The van der Waals surface area contributed by atoms with E-state index in [4.69, 9.17) is 0 Å². The minimum Gasteiger partial charge on any atom is -0.478 e. The zero-order valence-corrected chi connectivity index (χ0v) is 11.9. The van der Waals surface area contributed by atoms with Crippen LogP contribution in [0.25, 0.3) is 0 Å². The molecule has 19 heavy (non-hydrogen) atoms. The molecule has 1 N–H and O–H groups in total. The third-order valence-electron chi connectivity index (χ3n) is 4.00. The number of hydrogen-bond donors (Lipinski definition) is 1. The second kappa shape index (κ2) is 5.61. The highest BCUT2D eigenvalue weighted by Crippen LogP contribution is 2.26. The Hall–Kier alpha value is -1.55. The summed E-state index contributed by atoms with van der Waals surface area (Å²) in [5.74, 6) is -0.852. The topological polar surface area (TPSA) is 43.8 Å². The van der Waals surface area contributed by atoms with Crippen molar-refractivity contribution in [3.05, 3.63) is 29.3 Å². The zero-order valence-electron chi connectivity index (χ0n) is 11.9. The van der Waals surface area contributed by atoms with Crippen LogP contribution in [-0.4, -0.2) is 49.2 Å². The van der Waals surface area contributed by atoms with Gasteiger partial charge in [-0.2, -0.15) is 0 Å². The molecule has 0 bridgehead atoms. The smallest absolute Gasteiger partial charge is 0.337 e. The molecule has 1 aromatic rings. The normalized spacial score (nSPS) is 17.4. The summed E-state index contributed by atoms with van der Waals surface area (Å²) in [6.45, 7) is 4.14. The number of anilines is 1. The molecular weight excluding hydrogens is 240 g/mol. The van der Waals surface area contributed by atoms with Gasteiger partial charge in [0.1, 0.15) is 0 Å². The van der Waals surface area contributed by atoms with Gasteiger partial charge in [0, 0.05) is 13.1 Å². The first-order chi connectivity index (χ1) is 8.99. The van der Waals surface area contributed by atoms with E-state index in [-0.39, 0.29) is 0 Å². The summed E-state index contributed by atoms with van der Waals surface area (Å²) in [6, 6.07) is 5.96. The first kappa shape index (κ1) is 13.9. The Morgan fingerprint density at radius 2 is 2.00 bits per heavy atom. The van der Waals surface area contributed by atoms with Gasteiger partial charge in [0.25, 0.3) is 0 Å². The van der Waals surface area contributed by atoms with E-state index in [1.807, 2.05) is 26.1 Å². The SMILES string of the molecule is Cc1ccc(C(=O)O)c(N(C)C2CCN(C)CC2)c1. The number of nitrogens with zero attached hydrogens (tertiary/aromatic N) is 2. The highest BCUT2D eigenvalue weighted by atomic mass is 16.4. The lowest BCUT2D eigenvalue weighted by Gasteiger charge is -2.37. The number of aryl methyl sites for hydroxylation is 1. The second-order valence-electron chi connectivity index (χ2n) is 5.47. The van der Waals surface area contributed by atoms with Crippen molar-refractivity contribution in [2.24, 2.45) is 0 Å². The standard InChI is InChI=1S/C15H22N2O2/c1-11-4-5-13(15(18)19)14(10-11)17(3)12-6-8-16(2)9-7-12/h4-5,10,12H,6-9H2,1-3H3,(H,18,19). The monoisotopic (exact) mass is 262 g/mol. The molecular formula is C15H22N2O2. The molecule has 1 heterocycles. The van der Waals surface area contributed by atoms with E-state index >= 15 is 0 Å². The van der Waals surface area contributed by atoms with E-state index in [1.165, 1.54) is 0 Å². The van der Waals surface area contributed by atoms with Crippen LogP contribution in [0, 0.1) is 6.92 Å². The quantitative estimate of drug-likeness (QED) is 0.907. The number of hydrogen-bond acceptors (Lipinski definition) is 3. The molecule has 0 saturated carbocycles. The molecule has 4 nitrogen and oxygen atoms in total. The molecule has 1 aromatic carbocycles. The van der Waals surface area contributed by atoms with Crippen LogP contribution < -0.4 is 4.90 Å². The minimum absolute atomic E-state index is 0.395. The lowest BCUT2D eigenvalue weighted by atomic mass is 10.0. The van der Waals surface area contributed by atoms with Crippen LogP contribution in [0.15, 0.2) is 18.2 Å². The highest BCUT2D eigenvalue weighted by molar-refractivity contribution is 5.94. The summed E-state index contributed by atoms with van der Waals surface area (Å²) in [5.41, 5.74) is 2.33. The molecule has 4 heteroatoms. The molecule has 0 spiro atoms. The van der Waals surface area contributed by atoms with Crippen molar-refractivity contribution in [3.63, 3.8) is 0 Å². The van der Waals surface area contributed by atoms with E-state index in [0.29, 0.717) is 11.6 Å². The number of carboxylic acids is 1. The number of aromatic carboxylic acids is 1. The van der Waals surface area contributed by atoms with Crippen molar-refractivity contribution < 1.29 is 9.90 Å². The molecule has 1 aliphatic rings. The maximum atomic E-state index is 11.3. The van der Waals surface area contributed by atoms with Crippen molar-refractivity contribution in [1.82, 2.24) is 4.90 Å². The Labute approximate surface area is 114 Å². The van der Waals surface area contributed by atoms with Gasteiger partial charge < -0.3 is 14.9 Å². The van der Waals surface area contributed by atoms with Crippen LogP contribution in [0.5, 0.6) is 0 Å². The van der Waals surface area contributed by atoms with Gasteiger partial charge in [-0.15, -0.1) is 0 Å². The third kappa shape index (κ3) is 3.07. The van der Waals surface area contributed by atoms with Gasteiger partial charge in [-0.05, 0) is 57.6 Å². The van der Waals surface area contributed by atoms with Gasteiger partial charge in [-0.25, -0.2) is 4.79 Å². The molecule has 0 radical (unpaired) electrons. The average Bonchev–Trinajstić information content (AvgIpc) is 2.38. The van der Waals surface area contributed by atoms with Crippen molar-refractivity contribution in [3.8, 4) is 0 Å². The molecule has 0 unspecified atom stereocenters. The van der Waals surface area contributed by atoms with Gasteiger partial charge in [0.2, 0.25) is 0 Å². The Balaban J connectivity index is 2.25. The van der Waals surface area contributed by atoms with Crippen LogP contribution >= 0.6 is 0 Å². The predicted molar refractivity (Wildman–Crippen MR) is 77.1 cm³/mol. The fourth-order valence-electron chi connectivity index (χ4n) is 2.69. The first-order valence-electron chi connectivity index (χ1n) is 6.74. The predicted octanol–water partition coefficient (Wildman–Crippen LogP) is 2.22. The van der Waals surface area contributed by atoms with Crippen LogP contribution in [0.4, 0.5) is 5.69 Å². The average molecular weight is 262 g/mol. The summed E-state index contributed by atoms with van der Waals surface area (Å²) in [7, 11) is 4.14. The van der Waals surface area contributed by atoms with E-state index in [9.17, 15) is 9.90 Å². The largest absolute Gasteiger partial charge is 0.478 e. The lowest BCUT2D eigenvalue weighted by Crippen LogP contribution is -2.42. The number of carbonyl (C=O) groups is 1. The molecule has 0 aliphatic carbocycles. The summed E-state index contributed by atoms with van der Waals surface area (Å²) < 4.78 is 0. The Morgan fingerprint density at radius 1 is 1.37 bits per heavy atom. The summed E-state index contributed by atoms with van der Waals surface area (Å²) in [6.07, 6.45) is 2.17. The number of piperidine rings is 1. The van der Waals surface area contributed by atoms with E-state index < -0.39 is 5.97 Å². The van der Waals surface area contributed by atoms with Gasteiger partial charge >= 0.3 is 5.97 Å². The Kier molecular flexibility index (Phi) is 4.10. The molecule has 0 aromatic heterocycles. The van der Waals surface area contributed by atoms with E-state index in [2.05, 4.69) is 16.8 Å². The van der Waals surface area contributed by atoms with Gasteiger partial charge in [0.05, 0.1) is 11.3 Å². The molecule has 1 saturated heterocycles. The maximum Gasteiger partial charge on any atom is 0.337 e. The van der Waals surface area contributed by atoms with Crippen LogP contribution in [0.1, 0.15) is 28.8 Å². The highest BCUT2D eigenvalue weighted by Gasteiger charge is 2.23. The molecule has 0 atom stereocenters. The molecule has 1 aliphatic heterocycles. The van der Waals surface area contributed by atoms with Crippen LogP contribution in [0.2, 0.25) is 0 Å². The van der Waals surface area contributed by atoms with Gasteiger partial charge in [0.15, 0.2) is 0 Å². The number of likely N-dealkylation sites (tertiary alicyclic amines) is 1. The van der Waals surface area contributed by atoms with Crippen LogP contribution in [-0.2, 0) is 0 Å². The van der Waals surface area contributed by atoms with Crippen molar-refractivity contribution in [2.75, 3.05) is 32.1 Å². The Morgan fingerprint density at radius 3 is 2.58 bits per heavy atom. The summed E-state index contributed by atoms with van der Waals surface area (Å²) in [4.78, 5) is 15.8. The van der Waals surface area contributed by atoms with Gasteiger partial charge in [-0.3, -0.25) is 0 Å². The first-order valence-corrected chi connectivity index (χ1v) is 6.74. The van der Waals surface area contributed by atoms with E-state index in [0.717, 1.165) is 37.2 Å². The molecule has 1 fully saturated rings. The van der Waals surface area contributed by atoms with Gasteiger partial charge in [-0.1, -0.05) is 6.07 Å². The van der Waals surface area contributed by atoms with E-state index in [1.54, 1.807) is 6.07 Å². The molecule has 0 amide bonds. The number of rotatable bonds is 3. The Bertz CT molecular complexity index is 465. The summed E-state index contributed by atoms with van der Waals surface area (Å²) >= 11 is 0. The summed E-state index contributed by atoms with van der Waals surface area (Å²) in [5, 5.41) is 9.31. The fourth-order valence-corrected chi connectivity index (χ4v) is 2.69. The molecule has 2 rings (SSSR count). The van der Waals surface area contributed by atoms with Crippen LogP contribution in [0.3, 0.4) is 0 Å². The zero-order chi connectivity index (χ0) is 14.0. The maximum absolute atomic E-state index is 11.3. The molecule has 104 valence electrons. The minimum atomic E-state index is -0.852. The number of benzene rings is 1. The van der Waals surface area contributed by atoms with Crippen molar-refractivity contribution >= 4 is 11.7 Å². The second-order valence-corrected chi connectivity index (χ2v) is 5.47.